The Labute approximate surface area is 184 Å². The molecule has 0 bridgehead atoms. The summed E-state index contributed by atoms with van der Waals surface area (Å²) in [6.07, 6.45) is 2.85. The monoisotopic (exact) mass is 443 g/mol. The fourth-order valence-electron chi connectivity index (χ4n) is 2.76. The SMILES string of the molecule is CCOc1c(Cl)cc(C(=O)Nc2ccc(NC(=O)C(C)n3cncn3)cc2)cc1OC. The van der Waals surface area contributed by atoms with E-state index in [1.807, 2.05) is 6.92 Å². The maximum atomic E-state index is 12.6. The average molecular weight is 444 g/mol. The Morgan fingerprint density at radius 1 is 1.16 bits per heavy atom. The van der Waals surface area contributed by atoms with E-state index in [9.17, 15) is 9.59 Å². The van der Waals surface area contributed by atoms with Crippen LogP contribution in [0.15, 0.2) is 49.1 Å². The molecular weight excluding hydrogens is 422 g/mol. The molecule has 2 aromatic carbocycles. The van der Waals surface area contributed by atoms with Crippen molar-refractivity contribution < 1.29 is 19.1 Å². The molecule has 162 valence electrons. The lowest BCUT2D eigenvalue weighted by Gasteiger charge is -2.14. The van der Waals surface area contributed by atoms with E-state index in [0.29, 0.717) is 35.0 Å². The van der Waals surface area contributed by atoms with Crippen molar-refractivity contribution in [1.29, 1.82) is 0 Å². The van der Waals surface area contributed by atoms with Crippen LogP contribution in [0.4, 0.5) is 11.4 Å². The predicted molar refractivity (Wildman–Crippen MR) is 117 cm³/mol. The minimum absolute atomic E-state index is 0.238. The number of methoxy groups -OCH3 is 1. The number of halogens is 1. The summed E-state index contributed by atoms with van der Waals surface area (Å²) in [7, 11) is 1.48. The first kappa shape index (κ1) is 22.1. The fraction of sp³-hybridized carbons (Fsp3) is 0.238. The van der Waals surface area contributed by atoms with Crippen LogP contribution in [0.2, 0.25) is 5.02 Å². The minimum atomic E-state index is -0.513. The van der Waals surface area contributed by atoms with Gasteiger partial charge >= 0.3 is 0 Å². The van der Waals surface area contributed by atoms with Crippen LogP contribution in [0, 0.1) is 0 Å². The highest BCUT2D eigenvalue weighted by molar-refractivity contribution is 6.32. The Balaban J connectivity index is 1.66. The van der Waals surface area contributed by atoms with E-state index in [1.165, 1.54) is 30.5 Å². The number of carbonyl (C=O) groups is 2. The van der Waals surface area contributed by atoms with Gasteiger partial charge in [-0.3, -0.25) is 9.59 Å². The molecule has 1 heterocycles. The molecule has 0 aliphatic heterocycles. The number of hydrogen-bond acceptors (Lipinski definition) is 6. The zero-order chi connectivity index (χ0) is 22.4. The number of rotatable bonds is 8. The Morgan fingerprint density at radius 2 is 1.84 bits per heavy atom. The lowest BCUT2D eigenvalue weighted by atomic mass is 10.1. The van der Waals surface area contributed by atoms with Gasteiger partial charge in [-0.15, -0.1) is 0 Å². The van der Waals surface area contributed by atoms with Crippen molar-refractivity contribution in [2.45, 2.75) is 19.9 Å². The fourth-order valence-corrected chi connectivity index (χ4v) is 3.02. The van der Waals surface area contributed by atoms with Crippen LogP contribution in [0.3, 0.4) is 0 Å². The number of benzene rings is 2. The van der Waals surface area contributed by atoms with Crippen molar-refractivity contribution in [1.82, 2.24) is 14.8 Å². The highest BCUT2D eigenvalue weighted by atomic mass is 35.5. The van der Waals surface area contributed by atoms with Crippen LogP contribution in [-0.4, -0.2) is 40.3 Å². The van der Waals surface area contributed by atoms with E-state index in [2.05, 4.69) is 20.7 Å². The van der Waals surface area contributed by atoms with E-state index in [-0.39, 0.29) is 16.8 Å². The van der Waals surface area contributed by atoms with E-state index in [0.717, 1.165) is 0 Å². The number of ether oxygens (including phenoxy) is 2. The second-order valence-electron chi connectivity index (χ2n) is 6.49. The maximum absolute atomic E-state index is 12.6. The van der Waals surface area contributed by atoms with Gasteiger partial charge in [0, 0.05) is 16.9 Å². The molecule has 1 unspecified atom stereocenters. The van der Waals surface area contributed by atoms with Crippen molar-refractivity contribution in [3.05, 3.63) is 59.6 Å². The summed E-state index contributed by atoms with van der Waals surface area (Å²) in [6.45, 7) is 3.97. The number of nitrogens with one attached hydrogen (secondary N) is 2. The lowest BCUT2D eigenvalue weighted by molar-refractivity contribution is -0.119. The topological polar surface area (TPSA) is 107 Å². The van der Waals surface area contributed by atoms with Gasteiger partial charge in [-0.2, -0.15) is 5.10 Å². The molecule has 3 aromatic rings. The number of hydrogen-bond donors (Lipinski definition) is 2. The van der Waals surface area contributed by atoms with Crippen LogP contribution in [0.1, 0.15) is 30.2 Å². The van der Waals surface area contributed by atoms with E-state index in [4.69, 9.17) is 21.1 Å². The van der Waals surface area contributed by atoms with Gasteiger partial charge in [0.1, 0.15) is 18.7 Å². The second kappa shape index (κ2) is 9.94. The molecule has 31 heavy (non-hydrogen) atoms. The molecule has 1 aromatic heterocycles. The van der Waals surface area contributed by atoms with E-state index >= 15 is 0 Å². The molecule has 0 radical (unpaired) electrons. The zero-order valence-electron chi connectivity index (χ0n) is 17.3. The van der Waals surface area contributed by atoms with Gasteiger partial charge in [0.15, 0.2) is 11.5 Å². The number of amides is 2. The third kappa shape index (κ3) is 5.32. The molecule has 9 nitrogen and oxygen atoms in total. The standard InChI is InChI=1S/C21H22ClN5O4/c1-4-31-19-17(22)9-14(10-18(19)30-3)21(29)26-16-7-5-15(6-8-16)25-20(28)13(2)27-12-23-11-24-27/h5-13H,4H2,1-3H3,(H,25,28)(H,26,29). The first-order valence-corrected chi connectivity index (χ1v) is 9.87. The van der Waals surface area contributed by atoms with Gasteiger partial charge in [-0.25, -0.2) is 9.67 Å². The highest BCUT2D eigenvalue weighted by Crippen LogP contribution is 2.36. The van der Waals surface area contributed by atoms with Gasteiger partial charge < -0.3 is 20.1 Å². The highest BCUT2D eigenvalue weighted by Gasteiger charge is 2.17. The molecule has 2 N–H and O–H groups in total. The summed E-state index contributed by atoms with van der Waals surface area (Å²) in [5, 5.41) is 9.82. The van der Waals surface area contributed by atoms with Crippen LogP contribution in [-0.2, 0) is 4.79 Å². The lowest BCUT2D eigenvalue weighted by Crippen LogP contribution is -2.24. The molecule has 0 saturated heterocycles. The van der Waals surface area contributed by atoms with Gasteiger partial charge in [-0.1, -0.05) is 11.6 Å². The van der Waals surface area contributed by atoms with Crippen molar-refractivity contribution in [3.63, 3.8) is 0 Å². The minimum Gasteiger partial charge on any atom is -0.493 e. The molecule has 0 saturated carbocycles. The average Bonchev–Trinajstić information content (AvgIpc) is 3.30. The maximum Gasteiger partial charge on any atom is 0.255 e. The van der Waals surface area contributed by atoms with Gasteiger partial charge in [-0.05, 0) is 50.2 Å². The van der Waals surface area contributed by atoms with Gasteiger partial charge in [0.25, 0.3) is 5.91 Å². The van der Waals surface area contributed by atoms with Crippen molar-refractivity contribution in [3.8, 4) is 11.5 Å². The Hall–Kier alpha value is -3.59. The number of anilines is 2. The van der Waals surface area contributed by atoms with Crippen LogP contribution in [0.25, 0.3) is 0 Å². The third-order valence-electron chi connectivity index (χ3n) is 4.40. The Bertz CT molecular complexity index is 1050. The molecule has 10 heteroatoms. The summed E-state index contributed by atoms with van der Waals surface area (Å²) < 4.78 is 12.2. The summed E-state index contributed by atoms with van der Waals surface area (Å²) in [6, 6.07) is 9.31. The first-order chi connectivity index (χ1) is 14.9. The number of aromatic nitrogens is 3. The molecule has 3 rings (SSSR count). The van der Waals surface area contributed by atoms with Gasteiger partial charge in [0.05, 0.1) is 18.7 Å². The van der Waals surface area contributed by atoms with Crippen molar-refractivity contribution in [2.24, 2.45) is 0 Å². The first-order valence-electron chi connectivity index (χ1n) is 9.49. The molecule has 0 fully saturated rings. The van der Waals surface area contributed by atoms with Crippen LogP contribution in [0.5, 0.6) is 11.5 Å². The second-order valence-corrected chi connectivity index (χ2v) is 6.90. The normalized spacial score (nSPS) is 11.5. The smallest absolute Gasteiger partial charge is 0.255 e. The van der Waals surface area contributed by atoms with Gasteiger partial charge in [0.2, 0.25) is 5.91 Å². The zero-order valence-corrected chi connectivity index (χ0v) is 18.0. The summed E-state index contributed by atoms with van der Waals surface area (Å²) in [5.74, 6) is 0.167. The molecule has 0 aliphatic rings. The Kier molecular flexibility index (Phi) is 7.09. The molecule has 0 spiro atoms. The van der Waals surface area contributed by atoms with Crippen molar-refractivity contribution in [2.75, 3.05) is 24.4 Å². The number of carbonyl (C=O) groups excluding carboxylic acids is 2. The molecular formula is C21H22ClN5O4. The van der Waals surface area contributed by atoms with E-state index < -0.39 is 6.04 Å². The largest absolute Gasteiger partial charge is 0.493 e. The quantitative estimate of drug-likeness (QED) is 0.548. The molecule has 0 aliphatic carbocycles. The van der Waals surface area contributed by atoms with Crippen LogP contribution >= 0.6 is 11.6 Å². The summed E-state index contributed by atoms with van der Waals surface area (Å²) in [5.41, 5.74) is 1.46. The summed E-state index contributed by atoms with van der Waals surface area (Å²) >= 11 is 6.24. The van der Waals surface area contributed by atoms with E-state index in [1.54, 1.807) is 37.3 Å². The number of nitrogens with zero attached hydrogens (tertiary/aromatic N) is 3. The summed E-state index contributed by atoms with van der Waals surface area (Å²) in [4.78, 5) is 28.8. The molecule has 2 amide bonds. The van der Waals surface area contributed by atoms with Crippen molar-refractivity contribution >= 4 is 34.8 Å². The Morgan fingerprint density at radius 3 is 2.42 bits per heavy atom. The third-order valence-corrected chi connectivity index (χ3v) is 4.68. The predicted octanol–water partition coefficient (Wildman–Crippen LogP) is 3.79. The molecule has 1 atom stereocenters. The van der Waals surface area contributed by atoms with Crippen LogP contribution < -0.4 is 20.1 Å².